The zero-order valence-electron chi connectivity index (χ0n) is 7.81. The van der Waals surface area contributed by atoms with E-state index in [1.54, 1.807) is 13.2 Å². The zero-order valence-corrected chi connectivity index (χ0v) is 7.81. The van der Waals surface area contributed by atoms with E-state index in [1.165, 1.54) is 24.9 Å². The summed E-state index contributed by atoms with van der Waals surface area (Å²) in [4.78, 5) is 10.9. The Morgan fingerprint density at radius 2 is 2.38 bits per heavy atom. The molecular formula is C8H12N2O3. The van der Waals surface area contributed by atoms with Crippen molar-refractivity contribution in [2.24, 2.45) is 7.05 Å². The molecule has 0 fully saturated rings. The highest BCUT2D eigenvalue weighted by atomic mass is 16.5. The molecule has 0 spiro atoms. The molecule has 5 nitrogen and oxygen atoms in total. The highest BCUT2D eigenvalue weighted by Crippen LogP contribution is 2.23. The van der Waals surface area contributed by atoms with Crippen LogP contribution >= 0.6 is 0 Å². The number of ether oxygens (including phenoxy) is 1. The molecule has 0 aliphatic heterocycles. The first-order chi connectivity index (χ1) is 6.00. The van der Waals surface area contributed by atoms with Crippen molar-refractivity contribution >= 4 is 5.97 Å². The lowest BCUT2D eigenvalue weighted by Crippen LogP contribution is -2.33. The third kappa shape index (κ3) is 1.55. The highest BCUT2D eigenvalue weighted by Gasteiger charge is 2.36. The molecule has 0 radical (unpaired) electrons. The summed E-state index contributed by atoms with van der Waals surface area (Å²) >= 11 is 0. The first kappa shape index (κ1) is 9.73. The molecule has 1 rings (SSSR count). The monoisotopic (exact) mass is 184 g/mol. The summed E-state index contributed by atoms with van der Waals surface area (Å²) in [6.07, 6.45) is 3.11. The minimum Gasteiger partial charge on any atom is -0.479 e. The van der Waals surface area contributed by atoms with Gasteiger partial charge in [-0.05, 0) is 6.92 Å². The van der Waals surface area contributed by atoms with Crippen molar-refractivity contribution in [2.45, 2.75) is 12.5 Å². The number of hydrogen-bond donors (Lipinski definition) is 1. The first-order valence-corrected chi connectivity index (χ1v) is 3.78. The van der Waals surface area contributed by atoms with Crippen molar-refractivity contribution in [3.63, 3.8) is 0 Å². The van der Waals surface area contributed by atoms with Crippen LogP contribution in [-0.4, -0.2) is 28.0 Å². The van der Waals surface area contributed by atoms with Crippen LogP contribution in [0.15, 0.2) is 12.4 Å². The fourth-order valence-corrected chi connectivity index (χ4v) is 0.996. The Labute approximate surface area is 75.9 Å². The van der Waals surface area contributed by atoms with Crippen LogP contribution in [0, 0.1) is 0 Å². The van der Waals surface area contributed by atoms with Crippen molar-refractivity contribution in [3.05, 3.63) is 18.0 Å². The number of methoxy groups -OCH3 is 1. The average molecular weight is 184 g/mol. The number of nitrogens with zero attached hydrogens (tertiary/aromatic N) is 2. The summed E-state index contributed by atoms with van der Waals surface area (Å²) in [6, 6.07) is 0. The van der Waals surface area contributed by atoms with Gasteiger partial charge in [-0.1, -0.05) is 0 Å². The van der Waals surface area contributed by atoms with E-state index in [4.69, 9.17) is 9.84 Å². The lowest BCUT2D eigenvalue weighted by Gasteiger charge is -2.20. The quantitative estimate of drug-likeness (QED) is 0.737. The molecule has 1 atom stereocenters. The van der Waals surface area contributed by atoms with Gasteiger partial charge in [-0.25, -0.2) is 4.79 Å². The number of aryl methyl sites for hydroxylation is 1. The van der Waals surface area contributed by atoms with Crippen LogP contribution in [0.1, 0.15) is 12.5 Å². The number of aliphatic carboxylic acids is 1. The molecule has 1 aromatic heterocycles. The molecule has 5 heteroatoms. The van der Waals surface area contributed by atoms with Gasteiger partial charge in [0.15, 0.2) is 5.60 Å². The maximum absolute atomic E-state index is 10.9. The molecule has 0 aliphatic rings. The number of carboxylic acid groups (broad SMARTS) is 1. The first-order valence-electron chi connectivity index (χ1n) is 3.78. The molecule has 1 N–H and O–H groups in total. The van der Waals surface area contributed by atoms with Crippen LogP contribution in [0.5, 0.6) is 0 Å². The van der Waals surface area contributed by atoms with Gasteiger partial charge in [0, 0.05) is 25.9 Å². The van der Waals surface area contributed by atoms with Gasteiger partial charge in [0.2, 0.25) is 0 Å². The number of hydrogen-bond acceptors (Lipinski definition) is 3. The number of aromatic nitrogens is 2. The maximum Gasteiger partial charge on any atom is 0.340 e. The van der Waals surface area contributed by atoms with Crippen molar-refractivity contribution in [2.75, 3.05) is 7.11 Å². The van der Waals surface area contributed by atoms with Gasteiger partial charge in [-0.3, -0.25) is 4.68 Å². The normalized spacial score (nSPS) is 15.3. The van der Waals surface area contributed by atoms with Crippen molar-refractivity contribution in [3.8, 4) is 0 Å². The van der Waals surface area contributed by atoms with E-state index in [1.807, 2.05) is 0 Å². The smallest absolute Gasteiger partial charge is 0.340 e. The third-order valence-electron chi connectivity index (χ3n) is 2.07. The lowest BCUT2D eigenvalue weighted by molar-refractivity contribution is -0.161. The van der Waals surface area contributed by atoms with Gasteiger partial charge in [-0.2, -0.15) is 5.10 Å². The van der Waals surface area contributed by atoms with E-state index in [9.17, 15) is 4.79 Å². The molecule has 1 aromatic rings. The van der Waals surface area contributed by atoms with Gasteiger partial charge in [-0.15, -0.1) is 0 Å². The second-order valence-electron chi connectivity index (χ2n) is 2.95. The van der Waals surface area contributed by atoms with E-state index in [-0.39, 0.29) is 0 Å². The summed E-state index contributed by atoms with van der Waals surface area (Å²) in [5.74, 6) is -1.02. The van der Waals surface area contributed by atoms with Crippen LogP contribution in [0.4, 0.5) is 0 Å². The lowest BCUT2D eigenvalue weighted by atomic mass is 10.00. The molecule has 0 aliphatic carbocycles. The van der Waals surface area contributed by atoms with Crippen LogP contribution in [-0.2, 0) is 22.2 Å². The SMILES string of the molecule is COC(C)(C(=O)O)c1cnn(C)c1. The van der Waals surface area contributed by atoms with Crippen molar-refractivity contribution in [1.82, 2.24) is 9.78 Å². The van der Waals surface area contributed by atoms with Crippen LogP contribution < -0.4 is 0 Å². The minimum absolute atomic E-state index is 0.532. The zero-order chi connectivity index (χ0) is 10.1. The van der Waals surface area contributed by atoms with Crippen LogP contribution in [0.25, 0.3) is 0 Å². The van der Waals surface area contributed by atoms with Gasteiger partial charge in [0.05, 0.1) is 6.20 Å². The fourth-order valence-electron chi connectivity index (χ4n) is 0.996. The summed E-state index contributed by atoms with van der Waals surface area (Å²) in [7, 11) is 3.09. The Hall–Kier alpha value is -1.36. The predicted octanol–water partition coefficient (Wildman–Crippen LogP) is 0.366. The highest BCUT2D eigenvalue weighted by molar-refractivity contribution is 5.78. The molecule has 0 saturated heterocycles. The van der Waals surface area contributed by atoms with E-state index >= 15 is 0 Å². The second-order valence-corrected chi connectivity index (χ2v) is 2.95. The molecule has 72 valence electrons. The standard InChI is InChI=1S/C8H12N2O3/c1-8(13-3,7(11)12)6-4-9-10(2)5-6/h4-5H,1-3H3,(H,11,12). The maximum atomic E-state index is 10.9. The van der Waals surface area contributed by atoms with Crippen LogP contribution in [0.3, 0.4) is 0 Å². The Balaban J connectivity index is 3.09. The number of carbonyl (C=O) groups is 1. The molecule has 0 saturated carbocycles. The van der Waals surface area contributed by atoms with Crippen molar-refractivity contribution in [1.29, 1.82) is 0 Å². The van der Waals surface area contributed by atoms with Crippen molar-refractivity contribution < 1.29 is 14.6 Å². The van der Waals surface area contributed by atoms with Gasteiger partial charge >= 0.3 is 5.97 Å². The molecule has 0 bridgehead atoms. The second kappa shape index (κ2) is 3.18. The summed E-state index contributed by atoms with van der Waals surface area (Å²) < 4.78 is 6.48. The number of rotatable bonds is 3. The van der Waals surface area contributed by atoms with Crippen LogP contribution in [0.2, 0.25) is 0 Å². The largest absolute Gasteiger partial charge is 0.479 e. The molecule has 0 aromatic carbocycles. The molecule has 0 amide bonds. The van der Waals surface area contributed by atoms with E-state index in [0.29, 0.717) is 5.56 Å². The molecule has 1 unspecified atom stereocenters. The Morgan fingerprint density at radius 1 is 1.77 bits per heavy atom. The fraction of sp³-hybridized carbons (Fsp3) is 0.500. The van der Waals surface area contributed by atoms with E-state index in [2.05, 4.69) is 5.10 Å². The summed E-state index contributed by atoms with van der Waals surface area (Å²) in [5, 5.41) is 12.8. The van der Waals surface area contributed by atoms with E-state index < -0.39 is 11.6 Å². The van der Waals surface area contributed by atoms with E-state index in [0.717, 1.165) is 0 Å². The Morgan fingerprint density at radius 3 is 2.69 bits per heavy atom. The summed E-state index contributed by atoms with van der Waals surface area (Å²) in [6.45, 7) is 1.49. The van der Waals surface area contributed by atoms with Gasteiger partial charge in [0.1, 0.15) is 0 Å². The Bertz CT molecular complexity index is 321. The number of carboxylic acids is 1. The molecule has 13 heavy (non-hydrogen) atoms. The average Bonchev–Trinajstić information content (AvgIpc) is 2.50. The van der Waals surface area contributed by atoms with Gasteiger partial charge < -0.3 is 9.84 Å². The molecule has 1 heterocycles. The Kier molecular flexibility index (Phi) is 2.38. The molecular weight excluding hydrogens is 172 g/mol. The minimum atomic E-state index is -1.31. The summed E-state index contributed by atoms with van der Waals surface area (Å²) in [5.41, 5.74) is -0.779. The topological polar surface area (TPSA) is 64.3 Å². The third-order valence-corrected chi connectivity index (χ3v) is 2.07. The predicted molar refractivity (Wildman–Crippen MR) is 45.2 cm³/mol. The van der Waals surface area contributed by atoms with Gasteiger partial charge in [0.25, 0.3) is 0 Å².